The van der Waals surface area contributed by atoms with E-state index in [4.69, 9.17) is 4.74 Å². The average molecular weight is 460 g/mol. The normalized spacial score (nSPS) is 13.1. The second-order valence-corrected chi connectivity index (χ2v) is 9.17. The van der Waals surface area contributed by atoms with Crippen LogP contribution in [0.15, 0.2) is 91.1 Å². The quantitative estimate of drug-likeness (QED) is 0.311. The molecule has 0 saturated heterocycles. The van der Waals surface area contributed by atoms with Gasteiger partial charge in [-0.15, -0.1) is 0 Å². The second kappa shape index (κ2) is 11.1. The van der Waals surface area contributed by atoms with E-state index in [2.05, 4.69) is 43.1 Å². The van der Waals surface area contributed by atoms with Crippen molar-refractivity contribution in [3.05, 3.63) is 114 Å². The molecule has 2 unspecified atom stereocenters. The molecule has 0 bridgehead atoms. The van der Waals surface area contributed by atoms with E-state index in [9.17, 15) is 9.18 Å². The molecular formula is C30H34FNO2. The Morgan fingerprint density at radius 1 is 1.00 bits per heavy atom. The van der Waals surface area contributed by atoms with Gasteiger partial charge in [0.25, 0.3) is 0 Å². The Morgan fingerprint density at radius 3 is 2.21 bits per heavy atom. The molecule has 0 saturated carbocycles. The highest BCUT2D eigenvalue weighted by molar-refractivity contribution is 5.95. The third kappa shape index (κ3) is 6.57. The van der Waals surface area contributed by atoms with Crippen LogP contribution in [0.1, 0.15) is 61.5 Å². The number of nitrogens with one attached hydrogen (secondary N) is 1. The van der Waals surface area contributed by atoms with Crippen LogP contribution in [-0.2, 0) is 6.42 Å². The van der Waals surface area contributed by atoms with Gasteiger partial charge in [0.2, 0.25) is 0 Å². The molecule has 1 N–H and O–H groups in total. The first-order valence-electron chi connectivity index (χ1n) is 11.8. The smallest absolute Gasteiger partial charge is 0.162 e. The Labute approximate surface area is 202 Å². The average Bonchev–Trinajstić information content (AvgIpc) is 2.84. The fourth-order valence-corrected chi connectivity index (χ4v) is 3.98. The van der Waals surface area contributed by atoms with Gasteiger partial charge in [0.15, 0.2) is 5.78 Å². The first kappa shape index (κ1) is 25.2. The molecule has 3 nitrogen and oxygen atoms in total. The van der Waals surface area contributed by atoms with Gasteiger partial charge in [-0.2, -0.15) is 0 Å². The lowest BCUT2D eigenvalue weighted by molar-refractivity contribution is 0.0988. The van der Waals surface area contributed by atoms with Crippen molar-refractivity contribution in [2.45, 2.75) is 58.1 Å². The van der Waals surface area contributed by atoms with Crippen LogP contribution in [0.5, 0.6) is 5.75 Å². The van der Waals surface area contributed by atoms with Crippen LogP contribution in [0.25, 0.3) is 0 Å². The van der Waals surface area contributed by atoms with E-state index in [0.29, 0.717) is 12.2 Å². The van der Waals surface area contributed by atoms with Crippen LogP contribution in [-0.4, -0.2) is 17.4 Å². The van der Waals surface area contributed by atoms with Crippen LogP contribution in [0.2, 0.25) is 0 Å². The Kier molecular flexibility index (Phi) is 8.27. The largest absolute Gasteiger partial charge is 0.482 e. The monoisotopic (exact) mass is 459 g/mol. The predicted molar refractivity (Wildman–Crippen MR) is 137 cm³/mol. The van der Waals surface area contributed by atoms with Crippen molar-refractivity contribution in [3.63, 3.8) is 0 Å². The summed E-state index contributed by atoms with van der Waals surface area (Å²) in [6.45, 7) is 12.2. The van der Waals surface area contributed by atoms with E-state index in [1.807, 2.05) is 51.1 Å². The molecule has 3 aromatic rings. The number of ketones is 1. The van der Waals surface area contributed by atoms with E-state index in [1.54, 1.807) is 12.1 Å². The zero-order valence-electron chi connectivity index (χ0n) is 20.5. The van der Waals surface area contributed by atoms with Crippen LogP contribution in [0.3, 0.4) is 0 Å². The van der Waals surface area contributed by atoms with Crippen LogP contribution in [0.4, 0.5) is 4.39 Å². The van der Waals surface area contributed by atoms with Gasteiger partial charge in [-0.1, -0.05) is 68.1 Å². The lowest BCUT2D eigenvalue weighted by Crippen LogP contribution is -2.43. The molecule has 3 aromatic carbocycles. The van der Waals surface area contributed by atoms with E-state index >= 15 is 0 Å². The molecule has 2 atom stereocenters. The van der Waals surface area contributed by atoms with Crippen LogP contribution >= 0.6 is 0 Å². The maximum Gasteiger partial charge on any atom is 0.162 e. The molecule has 3 rings (SSSR count). The summed E-state index contributed by atoms with van der Waals surface area (Å²) in [5.74, 6) is 0.616. The van der Waals surface area contributed by atoms with Gasteiger partial charge in [-0.05, 0) is 62.6 Å². The second-order valence-electron chi connectivity index (χ2n) is 9.17. The highest BCUT2D eigenvalue weighted by Crippen LogP contribution is 2.28. The third-order valence-corrected chi connectivity index (χ3v) is 6.20. The predicted octanol–water partition coefficient (Wildman–Crippen LogP) is 7.09. The molecule has 178 valence electrons. The molecule has 0 aromatic heterocycles. The Balaban J connectivity index is 1.76. The third-order valence-electron chi connectivity index (χ3n) is 6.20. The number of Topliss-reactive ketones (excluding diaryl/α,β-unsaturated/α-hetero) is 1. The summed E-state index contributed by atoms with van der Waals surface area (Å²) in [6.07, 6.45) is 1.32. The molecule has 34 heavy (non-hydrogen) atoms. The van der Waals surface area contributed by atoms with Gasteiger partial charge in [0, 0.05) is 29.6 Å². The SMILES string of the molecule is C=C(NC(C)C(Cc1ccc(C(=O)CC)cc1)c1ccccc1)C(C)(C)Oc1ccc(F)cc1. The highest BCUT2D eigenvalue weighted by atomic mass is 19.1. The Bertz CT molecular complexity index is 1090. The molecule has 0 aliphatic carbocycles. The minimum absolute atomic E-state index is 0.0583. The van der Waals surface area contributed by atoms with Crippen molar-refractivity contribution >= 4 is 5.78 Å². The van der Waals surface area contributed by atoms with Crippen LogP contribution < -0.4 is 10.1 Å². The maximum absolute atomic E-state index is 13.3. The standard InChI is InChI=1S/C30H34FNO2/c1-6-29(33)25-14-12-23(13-15-25)20-28(24-10-8-7-9-11-24)21(2)32-22(3)30(4,5)34-27-18-16-26(31)17-19-27/h7-19,21,28,32H,3,6,20H2,1-2,4-5H3. The van der Waals surface area contributed by atoms with Gasteiger partial charge in [-0.25, -0.2) is 4.39 Å². The minimum atomic E-state index is -0.699. The number of halogens is 1. The number of hydrogen-bond acceptors (Lipinski definition) is 3. The molecule has 0 aliphatic rings. The van der Waals surface area contributed by atoms with Crippen molar-refractivity contribution < 1.29 is 13.9 Å². The number of rotatable bonds is 11. The maximum atomic E-state index is 13.3. The molecule has 0 spiro atoms. The van der Waals surface area contributed by atoms with Gasteiger partial charge in [0.1, 0.15) is 17.2 Å². The summed E-state index contributed by atoms with van der Waals surface area (Å²) >= 11 is 0. The summed E-state index contributed by atoms with van der Waals surface area (Å²) in [6, 6.07) is 24.4. The molecule has 4 heteroatoms. The molecule has 0 aliphatic heterocycles. The number of carbonyl (C=O) groups is 1. The molecule has 0 amide bonds. The Hall–Kier alpha value is -3.40. The van der Waals surface area contributed by atoms with Gasteiger partial charge in [-0.3, -0.25) is 4.79 Å². The Morgan fingerprint density at radius 2 is 1.62 bits per heavy atom. The zero-order chi connectivity index (χ0) is 24.7. The zero-order valence-corrected chi connectivity index (χ0v) is 20.5. The highest BCUT2D eigenvalue weighted by Gasteiger charge is 2.28. The minimum Gasteiger partial charge on any atom is -0.482 e. The summed E-state index contributed by atoms with van der Waals surface area (Å²) in [5.41, 5.74) is 3.19. The number of benzene rings is 3. The van der Waals surface area contributed by atoms with E-state index in [-0.39, 0.29) is 23.6 Å². The van der Waals surface area contributed by atoms with Crippen molar-refractivity contribution in [2.75, 3.05) is 0 Å². The van der Waals surface area contributed by atoms with Crippen LogP contribution in [0, 0.1) is 5.82 Å². The molecule has 0 fully saturated rings. The van der Waals surface area contributed by atoms with Gasteiger partial charge in [0.05, 0.1) is 0 Å². The molecule has 0 radical (unpaired) electrons. The molecule has 0 heterocycles. The van der Waals surface area contributed by atoms with Gasteiger partial charge >= 0.3 is 0 Å². The fourth-order valence-electron chi connectivity index (χ4n) is 3.98. The first-order chi connectivity index (χ1) is 16.2. The van der Waals surface area contributed by atoms with E-state index in [0.717, 1.165) is 17.7 Å². The summed E-state index contributed by atoms with van der Waals surface area (Å²) in [4.78, 5) is 12.0. The van der Waals surface area contributed by atoms with E-state index < -0.39 is 5.60 Å². The van der Waals surface area contributed by atoms with Crippen molar-refractivity contribution in [3.8, 4) is 5.75 Å². The number of ether oxygens (including phenoxy) is 1. The van der Waals surface area contributed by atoms with E-state index in [1.165, 1.54) is 23.3 Å². The number of hydrogen-bond donors (Lipinski definition) is 1. The number of carbonyl (C=O) groups excluding carboxylic acids is 1. The summed E-state index contributed by atoms with van der Waals surface area (Å²) in [7, 11) is 0. The topological polar surface area (TPSA) is 38.3 Å². The van der Waals surface area contributed by atoms with Crippen molar-refractivity contribution in [1.29, 1.82) is 0 Å². The van der Waals surface area contributed by atoms with Crippen molar-refractivity contribution in [2.24, 2.45) is 0 Å². The van der Waals surface area contributed by atoms with Crippen molar-refractivity contribution in [1.82, 2.24) is 5.32 Å². The molecular weight excluding hydrogens is 425 g/mol. The lowest BCUT2D eigenvalue weighted by Gasteiger charge is -2.34. The fraction of sp³-hybridized carbons (Fsp3) is 0.300. The summed E-state index contributed by atoms with van der Waals surface area (Å²) < 4.78 is 19.4. The first-order valence-corrected chi connectivity index (χ1v) is 11.8. The lowest BCUT2D eigenvalue weighted by atomic mass is 9.85. The summed E-state index contributed by atoms with van der Waals surface area (Å²) in [5, 5.41) is 3.56. The van der Waals surface area contributed by atoms with Gasteiger partial charge < -0.3 is 10.1 Å².